The number of nitrogens with one attached hydrogen (secondary N) is 1. The molecule has 3 aromatic carbocycles. The van der Waals surface area contributed by atoms with Crippen molar-refractivity contribution in [3.63, 3.8) is 0 Å². The second-order valence-corrected chi connectivity index (χ2v) is 18.3. The van der Waals surface area contributed by atoms with Crippen LogP contribution in [-0.2, 0) is 28.9 Å². The zero-order valence-electron chi connectivity index (χ0n) is 35.2. The maximum Gasteiger partial charge on any atom is 0.330 e. The van der Waals surface area contributed by atoms with Gasteiger partial charge in [0, 0.05) is 41.4 Å². The van der Waals surface area contributed by atoms with Crippen molar-refractivity contribution in [2.45, 2.75) is 97.9 Å². The molecule has 0 amide bonds. The standard InChI is InChI=1S/C44H58N3O9PS/c1-29(2)47(30(3)4)57(54-24-25-58-41(49)43(6,7)8)56-37-26-39(46-27-31(5)40(48)45-42(46)50)55-38(37)28-53-44(32-14-12-11-13-15-32,33-16-20-35(51-9)21-17-33)34-18-22-36(52-10)23-19-34/h11-23,27,29-30,37-39H,24-26,28H2,1-10H3,(H,45,48,50)/t37-,38-,39-,57?/m1/s1. The summed E-state index contributed by atoms with van der Waals surface area (Å²) >= 11 is 1.25. The molecule has 58 heavy (non-hydrogen) atoms. The van der Waals surface area contributed by atoms with Crippen LogP contribution in [0.3, 0.4) is 0 Å². The lowest BCUT2D eigenvalue weighted by Gasteiger charge is -2.39. The number of hydrogen-bond acceptors (Lipinski definition) is 11. The van der Waals surface area contributed by atoms with E-state index in [1.54, 1.807) is 21.1 Å². The van der Waals surface area contributed by atoms with Gasteiger partial charge in [-0.05, 0) is 75.6 Å². The van der Waals surface area contributed by atoms with Crippen LogP contribution in [0.1, 0.15) is 83.4 Å². The largest absolute Gasteiger partial charge is 0.497 e. The number of hydrogen-bond donors (Lipinski definition) is 1. The molecule has 12 nitrogen and oxygen atoms in total. The van der Waals surface area contributed by atoms with E-state index >= 15 is 0 Å². The molecule has 0 bridgehead atoms. The van der Waals surface area contributed by atoms with Gasteiger partial charge in [-0.2, -0.15) is 0 Å². The summed E-state index contributed by atoms with van der Waals surface area (Å²) in [5.41, 5.74) is 0.304. The smallest absolute Gasteiger partial charge is 0.330 e. The number of H-pyrrole nitrogens is 1. The fourth-order valence-electron chi connectivity index (χ4n) is 6.92. The molecule has 4 atom stereocenters. The average molecular weight is 836 g/mol. The summed E-state index contributed by atoms with van der Waals surface area (Å²) in [4.78, 5) is 40.8. The zero-order chi connectivity index (χ0) is 42.2. The van der Waals surface area contributed by atoms with Crippen LogP contribution in [0.5, 0.6) is 11.5 Å². The van der Waals surface area contributed by atoms with Crippen molar-refractivity contribution >= 4 is 25.4 Å². The van der Waals surface area contributed by atoms with Crippen LogP contribution < -0.4 is 20.7 Å². The highest BCUT2D eigenvalue weighted by atomic mass is 32.2. The van der Waals surface area contributed by atoms with Crippen molar-refractivity contribution in [3.8, 4) is 11.5 Å². The monoisotopic (exact) mass is 835 g/mol. The Morgan fingerprint density at radius 2 is 1.45 bits per heavy atom. The summed E-state index contributed by atoms with van der Waals surface area (Å²) < 4.78 is 42.3. The van der Waals surface area contributed by atoms with E-state index in [0.717, 1.165) is 16.7 Å². The Morgan fingerprint density at radius 1 is 0.897 bits per heavy atom. The van der Waals surface area contributed by atoms with Gasteiger partial charge in [0.15, 0.2) is 5.12 Å². The Bertz CT molecular complexity index is 1990. The Hall–Kier alpha value is -3.81. The number of carbonyl (C=O) groups is 1. The van der Waals surface area contributed by atoms with E-state index in [1.165, 1.54) is 22.5 Å². The summed E-state index contributed by atoms with van der Waals surface area (Å²) in [6.45, 7) is 16.1. The third-order valence-electron chi connectivity index (χ3n) is 9.88. The molecule has 0 aliphatic carbocycles. The molecule has 1 aromatic heterocycles. The van der Waals surface area contributed by atoms with Gasteiger partial charge in [-0.25, -0.2) is 9.46 Å². The van der Waals surface area contributed by atoms with Crippen LogP contribution in [0.15, 0.2) is 94.6 Å². The Kier molecular flexibility index (Phi) is 15.6. The van der Waals surface area contributed by atoms with E-state index in [0.29, 0.717) is 22.8 Å². The van der Waals surface area contributed by atoms with Gasteiger partial charge in [0.05, 0.1) is 33.5 Å². The maximum atomic E-state index is 13.3. The first-order valence-corrected chi connectivity index (χ1v) is 21.7. The molecule has 1 fully saturated rings. The van der Waals surface area contributed by atoms with E-state index in [4.69, 9.17) is 28.0 Å². The highest BCUT2D eigenvalue weighted by molar-refractivity contribution is 8.13. The highest BCUT2D eigenvalue weighted by Gasteiger charge is 2.45. The second kappa shape index (κ2) is 20.0. The third-order valence-corrected chi connectivity index (χ3v) is 13.3. The lowest BCUT2D eigenvalue weighted by molar-refractivity contribution is -0.117. The topological polar surface area (TPSA) is 131 Å². The molecule has 0 radical (unpaired) electrons. The molecule has 1 aliphatic heterocycles. The number of ether oxygens (including phenoxy) is 4. The summed E-state index contributed by atoms with van der Waals surface area (Å²) in [6.07, 6.45) is -0.300. The van der Waals surface area contributed by atoms with Crippen LogP contribution in [0.2, 0.25) is 0 Å². The van der Waals surface area contributed by atoms with Gasteiger partial charge < -0.3 is 28.0 Å². The summed E-state index contributed by atoms with van der Waals surface area (Å²) in [5, 5.41) is 0.0902. The SMILES string of the molecule is COc1ccc(C(OC[C@H]2O[C@@H](n3cc(C)c(=O)[nH]c3=O)C[C@H]2OP(OCCSC(=O)C(C)(C)C)N(C(C)C)C(C)C)(c2ccccc2)c2ccc(OC)cc2)cc1. The number of aromatic amines is 1. The van der Waals surface area contributed by atoms with Crippen molar-refractivity contribution in [2.24, 2.45) is 5.41 Å². The normalized spacial score (nSPS) is 17.9. The Morgan fingerprint density at radius 3 is 1.97 bits per heavy atom. The van der Waals surface area contributed by atoms with Crippen LogP contribution in [0.25, 0.3) is 0 Å². The lowest BCUT2D eigenvalue weighted by atomic mass is 9.80. The minimum absolute atomic E-state index is 0.0354. The fourth-order valence-corrected chi connectivity index (χ4v) is 9.59. The predicted molar refractivity (Wildman–Crippen MR) is 230 cm³/mol. The Balaban J connectivity index is 1.57. The number of aromatic nitrogens is 2. The second-order valence-electron chi connectivity index (χ2n) is 15.8. The molecule has 0 saturated carbocycles. The number of thioether (sulfide) groups is 1. The van der Waals surface area contributed by atoms with Crippen molar-refractivity contribution < 1.29 is 32.8 Å². The molecular formula is C44H58N3O9PS. The molecule has 1 aliphatic rings. The number of nitrogens with zero attached hydrogens (tertiary/aromatic N) is 2. The molecule has 1 unspecified atom stereocenters. The predicted octanol–water partition coefficient (Wildman–Crippen LogP) is 8.21. The molecule has 5 rings (SSSR count). The molecule has 0 spiro atoms. The van der Waals surface area contributed by atoms with E-state index in [9.17, 15) is 14.4 Å². The van der Waals surface area contributed by atoms with Crippen LogP contribution >= 0.6 is 20.3 Å². The summed E-state index contributed by atoms with van der Waals surface area (Å²) in [6, 6.07) is 25.7. The number of carbonyl (C=O) groups excluding carboxylic acids is 1. The molecule has 2 heterocycles. The van der Waals surface area contributed by atoms with Crippen LogP contribution in [-0.4, -0.2) is 76.8 Å². The number of methoxy groups -OCH3 is 2. The van der Waals surface area contributed by atoms with Gasteiger partial charge in [-0.1, -0.05) is 87.1 Å². The minimum atomic E-state index is -1.69. The molecular weight excluding hydrogens is 778 g/mol. The molecule has 1 saturated heterocycles. The van der Waals surface area contributed by atoms with Gasteiger partial charge in [0.1, 0.15) is 29.4 Å². The third kappa shape index (κ3) is 10.7. The van der Waals surface area contributed by atoms with E-state index < -0.39 is 49.2 Å². The van der Waals surface area contributed by atoms with Crippen LogP contribution in [0, 0.1) is 12.3 Å². The van der Waals surface area contributed by atoms with E-state index in [1.807, 2.05) is 99.6 Å². The number of benzene rings is 3. The lowest BCUT2D eigenvalue weighted by Crippen LogP contribution is -2.39. The van der Waals surface area contributed by atoms with Gasteiger partial charge in [-0.3, -0.25) is 19.1 Å². The van der Waals surface area contributed by atoms with E-state index in [-0.39, 0.29) is 36.8 Å². The van der Waals surface area contributed by atoms with Gasteiger partial charge >= 0.3 is 5.69 Å². The van der Waals surface area contributed by atoms with Crippen molar-refractivity contribution in [3.05, 3.63) is 128 Å². The van der Waals surface area contributed by atoms with E-state index in [2.05, 4.69) is 37.3 Å². The first-order chi connectivity index (χ1) is 27.6. The first-order valence-electron chi connectivity index (χ1n) is 19.6. The van der Waals surface area contributed by atoms with Gasteiger partial charge in [0.2, 0.25) is 0 Å². The quantitative estimate of drug-likeness (QED) is 0.0592. The van der Waals surface area contributed by atoms with Crippen molar-refractivity contribution in [1.82, 2.24) is 14.2 Å². The highest BCUT2D eigenvalue weighted by Crippen LogP contribution is 2.51. The molecule has 314 valence electrons. The van der Waals surface area contributed by atoms with Gasteiger partial charge in [0.25, 0.3) is 14.1 Å². The molecule has 1 N–H and O–H groups in total. The fraction of sp³-hybridized carbons (Fsp3) is 0.477. The first kappa shape index (κ1) is 45.3. The molecule has 4 aromatic rings. The van der Waals surface area contributed by atoms with Crippen molar-refractivity contribution in [1.29, 1.82) is 0 Å². The number of aryl methyl sites for hydroxylation is 1. The Labute approximate surface area is 347 Å². The average Bonchev–Trinajstić information content (AvgIpc) is 3.60. The number of rotatable bonds is 18. The van der Waals surface area contributed by atoms with Crippen molar-refractivity contribution in [2.75, 3.05) is 33.2 Å². The van der Waals surface area contributed by atoms with Crippen LogP contribution in [0.4, 0.5) is 0 Å². The zero-order valence-corrected chi connectivity index (χ0v) is 36.9. The maximum absolute atomic E-state index is 13.3. The van der Waals surface area contributed by atoms with Gasteiger partial charge in [-0.15, -0.1) is 0 Å². The summed E-state index contributed by atoms with van der Waals surface area (Å²) in [7, 11) is 1.57. The molecule has 14 heteroatoms. The minimum Gasteiger partial charge on any atom is -0.497 e. The summed E-state index contributed by atoms with van der Waals surface area (Å²) in [5.74, 6) is 1.87.